The van der Waals surface area contributed by atoms with Gasteiger partial charge in [-0.25, -0.2) is 9.59 Å². The first kappa shape index (κ1) is 24.3. The van der Waals surface area contributed by atoms with E-state index in [1.807, 2.05) is 20.8 Å². The Morgan fingerprint density at radius 3 is 2.25 bits per heavy atom. The summed E-state index contributed by atoms with van der Waals surface area (Å²) in [5.74, 6) is 0.355. The molecule has 1 aliphatic carbocycles. The van der Waals surface area contributed by atoms with Gasteiger partial charge in [-0.1, -0.05) is 44.2 Å². The fraction of sp³-hybridized carbons (Fsp3) is 0.654. The molecule has 0 bridgehead atoms. The van der Waals surface area contributed by atoms with E-state index in [4.69, 9.17) is 9.47 Å². The fourth-order valence-corrected chi connectivity index (χ4v) is 5.09. The van der Waals surface area contributed by atoms with Gasteiger partial charge in [-0.2, -0.15) is 0 Å². The second-order valence-corrected chi connectivity index (χ2v) is 10.0. The predicted octanol–water partition coefficient (Wildman–Crippen LogP) is 5.18. The Bertz CT molecular complexity index is 805. The number of ketones is 1. The Balaban J connectivity index is 1.77. The summed E-state index contributed by atoms with van der Waals surface area (Å²) < 4.78 is 10.7. The minimum Gasteiger partial charge on any atom is -0.462 e. The number of esters is 1. The van der Waals surface area contributed by atoms with Gasteiger partial charge in [-0.05, 0) is 63.6 Å². The SMILES string of the molecule is CCOC(=O)c1ccc(CC(=O)[C@@H]2[C@H](C3CCCCC3)CCN2C(=O)OC(C)(C)C)cc1. The van der Waals surface area contributed by atoms with Crippen molar-refractivity contribution in [1.82, 2.24) is 4.90 Å². The van der Waals surface area contributed by atoms with Gasteiger partial charge in [0.05, 0.1) is 18.2 Å². The summed E-state index contributed by atoms with van der Waals surface area (Å²) in [6.45, 7) is 8.20. The van der Waals surface area contributed by atoms with Crippen molar-refractivity contribution in [3.05, 3.63) is 35.4 Å². The van der Waals surface area contributed by atoms with E-state index in [0.717, 1.165) is 24.8 Å². The second-order valence-electron chi connectivity index (χ2n) is 10.0. The molecule has 6 nitrogen and oxygen atoms in total. The minimum absolute atomic E-state index is 0.0489. The zero-order valence-electron chi connectivity index (χ0n) is 19.9. The van der Waals surface area contributed by atoms with Gasteiger partial charge in [0.25, 0.3) is 0 Å². The molecule has 0 N–H and O–H groups in total. The van der Waals surface area contributed by atoms with Crippen LogP contribution < -0.4 is 0 Å². The molecule has 1 heterocycles. The number of benzene rings is 1. The van der Waals surface area contributed by atoms with E-state index in [1.165, 1.54) is 19.3 Å². The molecule has 176 valence electrons. The van der Waals surface area contributed by atoms with Crippen LogP contribution in [0.25, 0.3) is 0 Å². The molecule has 1 amide bonds. The van der Waals surface area contributed by atoms with Crippen molar-refractivity contribution in [1.29, 1.82) is 0 Å². The fourth-order valence-electron chi connectivity index (χ4n) is 5.09. The highest BCUT2D eigenvalue weighted by atomic mass is 16.6. The van der Waals surface area contributed by atoms with Crippen LogP contribution in [-0.2, 0) is 20.7 Å². The van der Waals surface area contributed by atoms with Crippen LogP contribution in [0.4, 0.5) is 4.79 Å². The topological polar surface area (TPSA) is 72.9 Å². The Morgan fingerprint density at radius 1 is 1.00 bits per heavy atom. The van der Waals surface area contributed by atoms with Gasteiger partial charge in [0, 0.05) is 13.0 Å². The molecule has 1 saturated heterocycles. The molecule has 0 unspecified atom stereocenters. The van der Waals surface area contributed by atoms with Crippen molar-refractivity contribution in [2.75, 3.05) is 13.2 Å². The Kier molecular flexibility index (Phi) is 7.96. The van der Waals surface area contributed by atoms with Crippen molar-refractivity contribution in [2.24, 2.45) is 11.8 Å². The molecule has 0 radical (unpaired) electrons. The molecule has 1 aromatic carbocycles. The normalized spacial score (nSPS) is 21.9. The number of amides is 1. The van der Waals surface area contributed by atoms with Gasteiger partial charge >= 0.3 is 12.1 Å². The highest BCUT2D eigenvalue weighted by molar-refractivity contribution is 5.91. The van der Waals surface area contributed by atoms with Gasteiger partial charge in [0.2, 0.25) is 0 Å². The molecule has 1 aliphatic heterocycles. The van der Waals surface area contributed by atoms with Crippen LogP contribution in [-0.4, -0.2) is 47.5 Å². The van der Waals surface area contributed by atoms with Crippen molar-refractivity contribution in [2.45, 2.75) is 84.3 Å². The standard InChI is InChI=1S/C26H37NO5/c1-5-31-24(29)20-13-11-18(12-14-20)17-22(28)23-21(19-9-7-6-8-10-19)15-16-27(23)25(30)32-26(2,3)4/h11-14,19,21,23H,5-10,15-17H2,1-4H3/t21-,23-/m0/s1. The first-order valence-corrected chi connectivity index (χ1v) is 12.0. The summed E-state index contributed by atoms with van der Waals surface area (Å²) in [7, 11) is 0. The zero-order valence-corrected chi connectivity index (χ0v) is 19.9. The number of likely N-dealkylation sites (tertiary alicyclic amines) is 1. The van der Waals surface area contributed by atoms with Crippen LogP contribution in [0.15, 0.2) is 24.3 Å². The van der Waals surface area contributed by atoms with E-state index < -0.39 is 17.7 Å². The maximum atomic E-state index is 13.5. The molecule has 1 aromatic rings. The molecule has 3 rings (SSSR count). The van der Waals surface area contributed by atoms with Gasteiger partial charge in [-0.3, -0.25) is 9.69 Å². The van der Waals surface area contributed by atoms with E-state index in [9.17, 15) is 14.4 Å². The van der Waals surface area contributed by atoms with Crippen molar-refractivity contribution in [3.8, 4) is 0 Å². The number of hydrogen-bond acceptors (Lipinski definition) is 5. The third-order valence-corrected chi connectivity index (χ3v) is 6.50. The number of carbonyl (C=O) groups is 3. The van der Waals surface area contributed by atoms with Crippen molar-refractivity contribution >= 4 is 17.8 Å². The number of carbonyl (C=O) groups excluding carboxylic acids is 3. The molecule has 2 aliphatic rings. The largest absolute Gasteiger partial charge is 0.462 e. The maximum Gasteiger partial charge on any atom is 0.410 e. The molecule has 2 fully saturated rings. The van der Waals surface area contributed by atoms with Crippen molar-refractivity contribution < 1.29 is 23.9 Å². The van der Waals surface area contributed by atoms with Crippen LogP contribution in [0.5, 0.6) is 0 Å². The summed E-state index contributed by atoms with van der Waals surface area (Å²) in [6.07, 6.45) is 6.60. The first-order valence-electron chi connectivity index (χ1n) is 12.0. The van der Waals surface area contributed by atoms with Crippen LogP contribution >= 0.6 is 0 Å². The van der Waals surface area contributed by atoms with E-state index in [2.05, 4.69) is 0 Å². The molecule has 0 aromatic heterocycles. The van der Waals surface area contributed by atoms with E-state index >= 15 is 0 Å². The number of nitrogens with zero attached hydrogens (tertiary/aromatic N) is 1. The predicted molar refractivity (Wildman–Crippen MR) is 123 cm³/mol. The molecule has 0 spiro atoms. The molecule has 32 heavy (non-hydrogen) atoms. The first-order chi connectivity index (χ1) is 15.2. The lowest BCUT2D eigenvalue weighted by atomic mass is 9.75. The smallest absolute Gasteiger partial charge is 0.410 e. The highest BCUT2D eigenvalue weighted by Gasteiger charge is 2.46. The summed E-state index contributed by atoms with van der Waals surface area (Å²) in [4.78, 5) is 40.0. The van der Waals surface area contributed by atoms with Crippen LogP contribution in [0.2, 0.25) is 0 Å². The molecular weight excluding hydrogens is 406 g/mol. The minimum atomic E-state index is -0.601. The third-order valence-electron chi connectivity index (χ3n) is 6.50. The zero-order chi connectivity index (χ0) is 23.3. The van der Waals surface area contributed by atoms with E-state index in [1.54, 1.807) is 36.1 Å². The van der Waals surface area contributed by atoms with Gasteiger partial charge in [0.1, 0.15) is 5.60 Å². The lowest BCUT2D eigenvalue weighted by Crippen LogP contribution is -2.47. The van der Waals surface area contributed by atoms with Crippen LogP contribution in [0.3, 0.4) is 0 Å². The van der Waals surface area contributed by atoms with Gasteiger partial charge in [0.15, 0.2) is 5.78 Å². The average Bonchev–Trinajstić information content (AvgIpc) is 3.19. The highest BCUT2D eigenvalue weighted by Crippen LogP contribution is 2.40. The summed E-state index contributed by atoms with van der Waals surface area (Å²) in [6, 6.07) is 6.54. The van der Waals surface area contributed by atoms with E-state index in [0.29, 0.717) is 24.6 Å². The van der Waals surface area contributed by atoms with E-state index in [-0.39, 0.29) is 24.1 Å². The molecule has 2 atom stereocenters. The number of Topliss-reactive ketones (excluding diaryl/α,β-unsaturated/α-hetero) is 1. The van der Waals surface area contributed by atoms with Gasteiger partial charge < -0.3 is 9.47 Å². The lowest BCUT2D eigenvalue weighted by molar-refractivity contribution is -0.124. The number of ether oxygens (including phenoxy) is 2. The summed E-state index contributed by atoms with van der Waals surface area (Å²) in [5.41, 5.74) is 0.706. The lowest BCUT2D eigenvalue weighted by Gasteiger charge is -2.34. The average molecular weight is 444 g/mol. The monoisotopic (exact) mass is 443 g/mol. The maximum absolute atomic E-state index is 13.5. The summed E-state index contributed by atoms with van der Waals surface area (Å²) in [5, 5.41) is 0. The number of hydrogen-bond donors (Lipinski definition) is 0. The molecular formula is C26H37NO5. The molecule has 6 heteroatoms. The molecule has 1 saturated carbocycles. The van der Waals surface area contributed by atoms with Crippen LogP contribution in [0, 0.1) is 11.8 Å². The van der Waals surface area contributed by atoms with Crippen LogP contribution in [0.1, 0.15) is 82.1 Å². The van der Waals surface area contributed by atoms with Crippen molar-refractivity contribution in [3.63, 3.8) is 0 Å². The second kappa shape index (κ2) is 10.5. The Morgan fingerprint density at radius 2 is 1.66 bits per heavy atom. The quantitative estimate of drug-likeness (QED) is 0.567. The van der Waals surface area contributed by atoms with Gasteiger partial charge in [-0.15, -0.1) is 0 Å². The number of rotatable bonds is 6. The third kappa shape index (κ3) is 6.11. The summed E-state index contributed by atoms with van der Waals surface area (Å²) >= 11 is 0. The Labute approximate surface area is 191 Å². The Hall–Kier alpha value is -2.37.